The van der Waals surface area contributed by atoms with Crippen molar-refractivity contribution in [1.82, 2.24) is 10.2 Å². The maximum Gasteiger partial charge on any atom is 0.0586 e. The largest absolute Gasteiger partial charge is 0.395 e. The minimum Gasteiger partial charge on any atom is -0.395 e. The van der Waals surface area contributed by atoms with E-state index in [-0.39, 0.29) is 12.4 Å². The van der Waals surface area contributed by atoms with Gasteiger partial charge in [0.2, 0.25) is 0 Å². The summed E-state index contributed by atoms with van der Waals surface area (Å²) in [7, 11) is 0. The van der Waals surface area contributed by atoms with E-state index in [0.717, 1.165) is 5.92 Å². The Bertz CT molecular complexity index is 284. The highest BCUT2D eigenvalue weighted by molar-refractivity contribution is 5.85. The van der Waals surface area contributed by atoms with E-state index in [0.29, 0.717) is 18.1 Å². The third-order valence-electron chi connectivity index (χ3n) is 6.03. The second kappa shape index (κ2) is 7.44. The lowest BCUT2D eigenvalue weighted by Gasteiger charge is -2.44. The van der Waals surface area contributed by atoms with Gasteiger partial charge in [0.15, 0.2) is 0 Å². The smallest absolute Gasteiger partial charge is 0.0586 e. The third kappa shape index (κ3) is 3.68. The molecular formula is C16H31ClN2O. The molecule has 118 valence electrons. The molecular weight excluding hydrogens is 272 g/mol. The molecule has 4 heteroatoms. The SMILES string of the molecule is Cl.OC[C@@H]1CCCN1CC1CCC2(CCNCC2)CC1. The first kappa shape index (κ1) is 16.5. The van der Waals surface area contributed by atoms with Gasteiger partial charge in [-0.2, -0.15) is 0 Å². The molecule has 2 N–H and O–H groups in total. The molecule has 0 radical (unpaired) electrons. The first-order chi connectivity index (χ1) is 9.31. The summed E-state index contributed by atoms with van der Waals surface area (Å²) >= 11 is 0. The van der Waals surface area contributed by atoms with E-state index in [4.69, 9.17) is 0 Å². The number of piperidine rings is 1. The highest BCUT2D eigenvalue weighted by atomic mass is 35.5. The Morgan fingerprint density at radius 3 is 2.40 bits per heavy atom. The van der Waals surface area contributed by atoms with Crippen molar-refractivity contribution in [1.29, 1.82) is 0 Å². The van der Waals surface area contributed by atoms with E-state index in [1.807, 2.05) is 0 Å². The zero-order valence-corrected chi connectivity index (χ0v) is 13.5. The summed E-state index contributed by atoms with van der Waals surface area (Å²) in [5, 5.41) is 12.9. The molecule has 2 aliphatic heterocycles. The van der Waals surface area contributed by atoms with Crippen molar-refractivity contribution in [2.75, 3.05) is 32.8 Å². The van der Waals surface area contributed by atoms with Gasteiger partial charge < -0.3 is 10.4 Å². The van der Waals surface area contributed by atoms with Gasteiger partial charge in [-0.1, -0.05) is 0 Å². The fourth-order valence-corrected chi connectivity index (χ4v) is 4.60. The van der Waals surface area contributed by atoms with Crippen molar-refractivity contribution in [2.45, 2.75) is 57.4 Å². The number of nitrogens with zero attached hydrogens (tertiary/aromatic N) is 1. The van der Waals surface area contributed by atoms with E-state index in [2.05, 4.69) is 10.2 Å². The quantitative estimate of drug-likeness (QED) is 0.840. The lowest BCUT2D eigenvalue weighted by Crippen LogP contribution is -2.42. The molecule has 0 aromatic carbocycles. The monoisotopic (exact) mass is 302 g/mol. The highest BCUT2D eigenvalue weighted by Crippen LogP contribution is 2.45. The average molecular weight is 303 g/mol. The molecule has 1 atom stereocenters. The van der Waals surface area contributed by atoms with Gasteiger partial charge in [0, 0.05) is 12.6 Å². The summed E-state index contributed by atoms with van der Waals surface area (Å²) in [5.74, 6) is 0.896. The zero-order valence-electron chi connectivity index (χ0n) is 12.6. The van der Waals surface area contributed by atoms with Gasteiger partial charge in [-0.25, -0.2) is 0 Å². The molecule has 0 bridgehead atoms. The molecule has 3 nitrogen and oxygen atoms in total. The number of aliphatic hydroxyl groups excluding tert-OH is 1. The predicted octanol–water partition coefficient (Wildman–Crippen LogP) is 2.42. The van der Waals surface area contributed by atoms with Gasteiger partial charge in [0.25, 0.3) is 0 Å². The summed E-state index contributed by atoms with van der Waals surface area (Å²) < 4.78 is 0. The highest BCUT2D eigenvalue weighted by Gasteiger charge is 2.37. The van der Waals surface area contributed by atoms with Crippen LogP contribution in [0.2, 0.25) is 0 Å². The molecule has 3 fully saturated rings. The second-order valence-electron chi connectivity index (χ2n) is 7.17. The standard InChI is InChI=1S/C16H30N2O.ClH/c19-13-15-2-1-11-18(15)12-14-3-5-16(6-4-14)7-9-17-10-8-16;/h14-15,17,19H,1-13H2;1H/t15-;/m0./s1. The Labute approximate surface area is 129 Å². The van der Waals surface area contributed by atoms with Gasteiger partial charge in [0.05, 0.1) is 6.61 Å². The van der Waals surface area contributed by atoms with Crippen LogP contribution >= 0.6 is 12.4 Å². The molecule has 1 saturated carbocycles. The van der Waals surface area contributed by atoms with Crippen LogP contribution in [0.25, 0.3) is 0 Å². The lowest BCUT2D eigenvalue weighted by molar-refractivity contribution is 0.0762. The van der Waals surface area contributed by atoms with Gasteiger partial charge in [-0.3, -0.25) is 4.90 Å². The molecule has 2 saturated heterocycles. The summed E-state index contributed by atoms with van der Waals surface area (Å²) in [4.78, 5) is 2.56. The molecule has 20 heavy (non-hydrogen) atoms. The van der Waals surface area contributed by atoms with E-state index < -0.39 is 0 Å². The Kier molecular flexibility index (Phi) is 6.15. The Hall–Kier alpha value is 0.170. The topological polar surface area (TPSA) is 35.5 Å². The Morgan fingerprint density at radius 1 is 1.05 bits per heavy atom. The van der Waals surface area contributed by atoms with Crippen molar-refractivity contribution < 1.29 is 5.11 Å². The third-order valence-corrected chi connectivity index (χ3v) is 6.03. The molecule has 3 rings (SSSR count). The summed E-state index contributed by atoms with van der Waals surface area (Å²) in [6, 6.07) is 0.467. The van der Waals surface area contributed by atoms with Gasteiger partial charge in [-0.15, -0.1) is 12.4 Å². The Balaban J connectivity index is 0.00000147. The van der Waals surface area contributed by atoms with Crippen LogP contribution in [0.1, 0.15) is 51.4 Å². The van der Waals surface area contributed by atoms with Crippen molar-refractivity contribution >= 4 is 12.4 Å². The summed E-state index contributed by atoms with van der Waals surface area (Å²) in [6.45, 7) is 5.31. The summed E-state index contributed by atoms with van der Waals surface area (Å²) in [6.07, 6.45) is 11.1. The molecule has 3 aliphatic rings. The molecule has 0 aromatic rings. The van der Waals surface area contributed by atoms with Crippen molar-refractivity contribution in [2.24, 2.45) is 11.3 Å². The first-order valence-corrected chi connectivity index (χ1v) is 8.37. The van der Waals surface area contributed by atoms with Crippen molar-refractivity contribution in [3.63, 3.8) is 0 Å². The molecule has 0 unspecified atom stereocenters. The zero-order chi connectivity index (χ0) is 13.1. The van der Waals surface area contributed by atoms with Crippen LogP contribution in [0.3, 0.4) is 0 Å². The Morgan fingerprint density at radius 2 is 1.75 bits per heavy atom. The molecule has 0 aromatic heterocycles. The second-order valence-corrected chi connectivity index (χ2v) is 7.17. The maximum atomic E-state index is 9.42. The first-order valence-electron chi connectivity index (χ1n) is 8.37. The van der Waals surface area contributed by atoms with E-state index in [1.54, 1.807) is 0 Å². The van der Waals surface area contributed by atoms with Crippen LogP contribution in [0.4, 0.5) is 0 Å². The van der Waals surface area contributed by atoms with Crippen LogP contribution in [-0.4, -0.2) is 48.8 Å². The van der Waals surface area contributed by atoms with Crippen LogP contribution in [0.15, 0.2) is 0 Å². The fourth-order valence-electron chi connectivity index (χ4n) is 4.60. The number of nitrogens with one attached hydrogen (secondary N) is 1. The maximum absolute atomic E-state index is 9.42. The molecule has 2 heterocycles. The number of halogens is 1. The number of rotatable bonds is 3. The van der Waals surface area contributed by atoms with Crippen LogP contribution in [0.5, 0.6) is 0 Å². The van der Waals surface area contributed by atoms with Crippen LogP contribution in [-0.2, 0) is 0 Å². The van der Waals surface area contributed by atoms with E-state index in [9.17, 15) is 5.11 Å². The minimum absolute atomic E-state index is 0. The van der Waals surface area contributed by atoms with Crippen molar-refractivity contribution in [3.05, 3.63) is 0 Å². The number of hydrogen-bond donors (Lipinski definition) is 2. The molecule has 0 amide bonds. The van der Waals surface area contributed by atoms with Gasteiger partial charge in [0.1, 0.15) is 0 Å². The molecule has 1 aliphatic carbocycles. The van der Waals surface area contributed by atoms with Crippen LogP contribution < -0.4 is 5.32 Å². The average Bonchev–Trinajstić information content (AvgIpc) is 2.90. The predicted molar refractivity (Wildman–Crippen MR) is 85.4 cm³/mol. The normalized spacial score (nSPS) is 31.4. The minimum atomic E-state index is 0. The summed E-state index contributed by atoms with van der Waals surface area (Å²) in [5.41, 5.74) is 0.698. The van der Waals surface area contributed by atoms with Gasteiger partial charge in [-0.05, 0) is 82.3 Å². The van der Waals surface area contributed by atoms with Gasteiger partial charge >= 0.3 is 0 Å². The van der Waals surface area contributed by atoms with Crippen LogP contribution in [0, 0.1) is 11.3 Å². The van der Waals surface area contributed by atoms with E-state index in [1.165, 1.54) is 77.5 Å². The fraction of sp³-hybridized carbons (Fsp3) is 1.00. The number of likely N-dealkylation sites (tertiary alicyclic amines) is 1. The number of aliphatic hydroxyl groups is 1. The lowest BCUT2D eigenvalue weighted by atomic mass is 9.65. The number of hydrogen-bond acceptors (Lipinski definition) is 3. The van der Waals surface area contributed by atoms with E-state index >= 15 is 0 Å². The van der Waals surface area contributed by atoms with Crippen molar-refractivity contribution in [3.8, 4) is 0 Å². The molecule has 1 spiro atoms.